The molecule has 1 atom stereocenters. The Morgan fingerprint density at radius 3 is 2.79 bits per heavy atom. The predicted octanol–water partition coefficient (Wildman–Crippen LogP) is 1.91. The molecule has 1 fully saturated rings. The van der Waals surface area contributed by atoms with E-state index in [4.69, 9.17) is 0 Å². The molecular weight excluding hydrogens is 392 g/mol. The second kappa shape index (κ2) is 7.06. The molecule has 0 saturated carbocycles. The van der Waals surface area contributed by atoms with Crippen molar-refractivity contribution in [3.63, 3.8) is 0 Å². The van der Waals surface area contributed by atoms with Gasteiger partial charge < -0.3 is 4.98 Å². The summed E-state index contributed by atoms with van der Waals surface area (Å²) in [5.74, 6) is 0.0320. The Morgan fingerprint density at radius 1 is 1.29 bits per heavy atom. The zero-order chi connectivity index (χ0) is 19.9. The summed E-state index contributed by atoms with van der Waals surface area (Å²) in [7, 11) is -3.93. The molecule has 4 rings (SSSR count). The number of sulfonamides is 1. The van der Waals surface area contributed by atoms with E-state index in [9.17, 15) is 22.0 Å². The monoisotopic (exact) mass is 409 g/mol. The van der Waals surface area contributed by atoms with E-state index in [0.717, 1.165) is 4.57 Å². The van der Waals surface area contributed by atoms with Gasteiger partial charge in [-0.15, -0.1) is 0 Å². The van der Waals surface area contributed by atoms with Crippen LogP contribution in [0.3, 0.4) is 0 Å². The fourth-order valence-electron chi connectivity index (χ4n) is 3.55. The van der Waals surface area contributed by atoms with Crippen LogP contribution in [0.5, 0.6) is 0 Å². The van der Waals surface area contributed by atoms with Crippen LogP contribution in [0.15, 0.2) is 46.6 Å². The molecule has 1 aromatic carbocycles. The number of aromatic amines is 1. The van der Waals surface area contributed by atoms with Crippen LogP contribution in [0.25, 0.3) is 10.9 Å². The first-order valence-corrected chi connectivity index (χ1v) is 10.1. The van der Waals surface area contributed by atoms with E-state index < -0.39 is 34.6 Å². The highest BCUT2D eigenvalue weighted by atomic mass is 32.2. The van der Waals surface area contributed by atoms with Crippen molar-refractivity contribution >= 4 is 20.9 Å². The third-order valence-corrected chi connectivity index (χ3v) is 6.61. The Morgan fingerprint density at radius 2 is 2.07 bits per heavy atom. The summed E-state index contributed by atoms with van der Waals surface area (Å²) in [6.45, 7) is -0.649. The van der Waals surface area contributed by atoms with Crippen molar-refractivity contribution in [3.05, 3.63) is 53.0 Å². The van der Waals surface area contributed by atoms with Gasteiger partial charge in [-0.2, -0.15) is 4.31 Å². The minimum atomic E-state index is -3.93. The summed E-state index contributed by atoms with van der Waals surface area (Å²) in [6.07, 6.45) is 0.555. The highest BCUT2D eigenvalue weighted by molar-refractivity contribution is 7.89. The SMILES string of the molecule is O=c1c2ccccc2nc(C2CCCN2S(=O)(=O)c2cnc[nH]2)n1CC(F)F. The summed E-state index contributed by atoms with van der Waals surface area (Å²) in [4.78, 5) is 23.5. The summed E-state index contributed by atoms with van der Waals surface area (Å²) in [5, 5.41) is 0.121. The lowest BCUT2D eigenvalue weighted by Crippen LogP contribution is -2.36. The van der Waals surface area contributed by atoms with Crippen LogP contribution < -0.4 is 5.56 Å². The maximum atomic E-state index is 13.2. The van der Waals surface area contributed by atoms with Gasteiger partial charge in [0, 0.05) is 6.54 Å². The van der Waals surface area contributed by atoms with E-state index in [1.165, 1.54) is 22.9 Å². The zero-order valence-corrected chi connectivity index (χ0v) is 15.4. The molecule has 0 bridgehead atoms. The molecule has 1 N–H and O–H groups in total. The molecule has 1 aliphatic heterocycles. The minimum absolute atomic E-state index is 0.0320. The van der Waals surface area contributed by atoms with Crippen molar-refractivity contribution in [2.75, 3.05) is 6.54 Å². The van der Waals surface area contributed by atoms with Gasteiger partial charge in [-0.3, -0.25) is 9.36 Å². The smallest absolute Gasteiger partial charge is 0.261 e. The van der Waals surface area contributed by atoms with Gasteiger partial charge in [0.15, 0.2) is 5.03 Å². The maximum Gasteiger partial charge on any atom is 0.261 e. The molecule has 1 aliphatic rings. The van der Waals surface area contributed by atoms with Crippen LogP contribution in [0, 0.1) is 0 Å². The normalized spacial score (nSPS) is 18.3. The fraction of sp³-hybridized carbons (Fsp3) is 0.353. The Kier molecular flexibility index (Phi) is 4.71. The second-order valence-electron chi connectivity index (χ2n) is 6.48. The molecule has 1 saturated heterocycles. The molecule has 28 heavy (non-hydrogen) atoms. The molecule has 0 aliphatic carbocycles. The number of nitrogens with zero attached hydrogens (tertiary/aromatic N) is 4. The van der Waals surface area contributed by atoms with Gasteiger partial charge in [0.1, 0.15) is 5.82 Å². The van der Waals surface area contributed by atoms with E-state index in [1.807, 2.05) is 0 Å². The van der Waals surface area contributed by atoms with E-state index >= 15 is 0 Å². The van der Waals surface area contributed by atoms with Gasteiger partial charge in [0.25, 0.3) is 22.0 Å². The second-order valence-corrected chi connectivity index (χ2v) is 8.34. The number of halogens is 2. The average molecular weight is 409 g/mol. The van der Waals surface area contributed by atoms with Crippen LogP contribution in [-0.4, -0.2) is 45.2 Å². The number of nitrogens with one attached hydrogen (secondary N) is 1. The van der Waals surface area contributed by atoms with E-state index in [2.05, 4.69) is 15.0 Å². The van der Waals surface area contributed by atoms with Gasteiger partial charge in [0.05, 0.1) is 36.0 Å². The van der Waals surface area contributed by atoms with Crippen molar-refractivity contribution in [2.24, 2.45) is 0 Å². The standard InChI is InChI=1S/C17H17F2N5O3S/c18-14(19)9-23-16(22-12-5-2-1-4-11(12)17(23)25)13-6-3-7-24(13)28(26,27)15-8-20-10-21-15/h1-2,4-5,8,10,13-14H,3,6-7,9H2,(H,20,21). The molecular formula is C17H17F2N5O3S. The Bertz CT molecular complexity index is 1160. The van der Waals surface area contributed by atoms with Crippen molar-refractivity contribution in [3.8, 4) is 0 Å². The number of para-hydroxylation sites is 1. The van der Waals surface area contributed by atoms with Gasteiger partial charge in [-0.05, 0) is 25.0 Å². The first-order valence-electron chi connectivity index (χ1n) is 8.67. The van der Waals surface area contributed by atoms with Crippen molar-refractivity contribution in [1.82, 2.24) is 23.8 Å². The number of fused-ring (bicyclic) bond motifs is 1. The van der Waals surface area contributed by atoms with Gasteiger partial charge in [-0.25, -0.2) is 27.2 Å². The van der Waals surface area contributed by atoms with Gasteiger partial charge in [-0.1, -0.05) is 12.1 Å². The number of imidazole rings is 1. The van der Waals surface area contributed by atoms with Gasteiger partial charge in [0.2, 0.25) is 0 Å². The predicted molar refractivity (Wildman–Crippen MR) is 96.5 cm³/mol. The number of hydrogen-bond donors (Lipinski definition) is 1. The quantitative estimate of drug-likeness (QED) is 0.694. The lowest BCUT2D eigenvalue weighted by molar-refractivity contribution is 0.122. The molecule has 148 valence electrons. The van der Waals surface area contributed by atoms with E-state index in [0.29, 0.717) is 18.4 Å². The Hall–Kier alpha value is -2.66. The van der Waals surface area contributed by atoms with Crippen LogP contribution >= 0.6 is 0 Å². The lowest BCUT2D eigenvalue weighted by atomic mass is 10.2. The highest BCUT2D eigenvalue weighted by Crippen LogP contribution is 2.35. The number of H-pyrrole nitrogens is 1. The minimum Gasteiger partial charge on any atom is -0.335 e. The topological polar surface area (TPSA) is 101 Å². The molecule has 3 heterocycles. The molecule has 1 unspecified atom stereocenters. The van der Waals surface area contributed by atoms with Gasteiger partial charge >= 0.3 is 0 Å². The van der Waals surface area contributed by atoms with Crippen LogP contribution in [0.2, 0.25) is 0 Å². The number of aromatic nitrogens is 4. The molecule has 0 spiro atoms. The summed E-state index contributed by atoms with van der Waals surface area (Å²) in [5.41, 5.74) is -0.259. The Balaban J connectivity index is 1.88. The first kappa shape index (κ1) is 18.7. The fourth-order valence-corrected chi connectivity index (χ4v) is 5.10. The number of benzene rings is 1. The summed E-state index contributed by atoms with van der Waals surface area (Å²) >= 11 is 0. The zero-order valence-electron chi connectivity index (χ0n) is 14.6. The number of rotatable bonds is 5. The maximum absolute atomic E-state index is 13.2. The van der Waals surface area contributed by atoms with E-state index in [-0.39, 0.29) is 22.8 Å². The Labute approximate surface area is 158 Å². The summed E-state index contributed by atoms with van der Waals surface area (Å²) in [6, 6.07) is 5.62. The average Bonchev–Trinajstić information content (AvgIpc) is 3.36. The van der Waals surface area contributed by atoms with Crippen LogP contribution in [0.1, 0.15) is 24.7 Å². The van der Waals surface area contributed by atoms with Crippen molar-refractivity contribution in [2.45, 2.75) is 36.9 Å². The third kappa shape index (κ3) is 3.10. The first-order chi connectivity index (χ1) is 13.4. The van der Waals surface area contributed by atoms with E-state index in [1.54, 1.807) is 18.2 Å². The van der Waals surface area contributed by atoms with Crippen molar-refractivity contribution < 1.29 is 17.2 Å². The third-order valence-electron chi connectivity index (χ3n) is 4.77. The van der Waals surface area contributed by atoms with Crippen molar-refractivity contribution in [1.29, 1.82) is 0 Å². The molecule has 2 aromatic heterocycles. The van der Waals surface area contributed by atoms with Crippen LogP contribution in [-0.2, 0) is 16.6 Å². The lowest BCUT2D eigenvalue weighted by Gasteiger charge is -2.25. The summed E-state index contributed by atoms with van der Waals surface area (Å²) < 4.78 is 54.4. The molecule has 11 heteroatoms. The highest BCUT2D eigenvalue weighted by Gasteiger charge is 2.39. The number of hydrogen-bond acceptors (Lipinski definition) is 5. The largest absolute Gasteiger partial charge is 0.335 e. The molecule has 0 amide bonds. The van der Waals surface area contributed by atoms with Crippen LogP contribution in [0.4, 0.5) is 8.78 Å². The molecule has 8 nitrogen and oxygen atoms in total. The number of alkyl halides is 2. The molecule has 3 aromatic rings. The molecule has 0 radical (unpaired) electrons.